The van der Waals surface area contributed by atoms with Crippen molar-refractivity contribution < 1.29 is 17.9 Å². The Hall–Kier alpha value is -2.95. The van der Waals surface area contributed by atoms with Crippen molar-refractivity contribution in [1.29, 1.82) is 0 Å². The first-order valence-electron chi connectivity index (χ1n) is 11.6. The molecule has 0 aliphatic carbocycles. The molecule has 0 unspecified atom stereocenters. The van der Waals surface area contributed by atoms with Crippen LogP contribution in [0.15, 0.2) is 64.9 Å². The van der Waals surface area contributed by atoms with Gasteiger partial charge >= 0.3 is 0 Å². The minimum absolute atomic E-state index is 0.000118. The van der Waals surface area contributed by atoms with Crippen LogP contribution in [0.2, 0.25) is 0 Å². The number of hydrogen-bond donors (Lipinski definition) is 2. The first kappa shape index (κ1) is 25.2. The molecular weight excluding hydrogens is 484 g/mol. The number of benzene rings is 2. The quantitative estimate of drug-likeness (QED) is 0.428. The first-order chi connectivity index (χ1) is 16.9. The number of aromatic nitrogens is 1. The van der Waals surface area contributed by atoms with Crippen molar-refractivity contribution >= 4 is 32.4 Å². The van der Waals surface area contributed by atoms with Crippen molar-refractivity contribution in [2.45, 2.75) is 43.2 Å². The number of anilines is 1. The van der Waals surface area contributed by atoms with Gasteiger partial charge in [-0.1, -0.05) is 30.3 Å². The highest BCUT2D eigenvalue weighted by Crippen LogP contribution is 2.22. The molecule has 2 N–H and O–H groups in total. The van der Waals surface area contributed by atoms with Crippen LogP contribution in [-0.4, -0.2) is 50.5 Å². The van der Waals surface area contributed by atoms with Crippen LogP contribution < -0.4 is 14.8 Å². The average Bonchev–Trinajstić information content (AvgIpc) is 3.31. The summed E-state index contributed by atoms with van der Waals surface area (Å²) in [5.74, 6) is 0.580. The topological polar surface area (TPSA) is 101 Å². The van der Waals surface area contributed by atoms with Crippen LogP contribution >= 0.6 is 11.3 Å². The zero-order chi connectivity index (χ0) is 24.7. The second-order valence-corrected chi connectivity index (χ2v) is 11.1. The van der Waals surface area contributed by atoms with E-state index in [0.717, 1.165) is 32.5 Å². The molecule has 186 valence electrons. The predicted octanol–water partition coefficient (Wildman–Crippen LogP) is 3.67. The molecular formula is C25H30N4O4S2. The summed E-state index contributed by atoms with van der Waals surface area (Å²) >= 11 is 1.20. The van der Waals surface area contributed by atoms with E-state index in [1.807, 2.05) is 6.07 Å². The van der Waals surface area contributed by atoms with Crippen molar-refractivity contribution in [1.82, 2.24) is 15.2 Å². The molecule has 1 amide bonds. The Morgan fingerprint density at radius 1 is 1.11 bits per heavy atom. The van der Waals surface area contributed by atoms with E-state index in [2.05, 4.69) is 44.2 Å². The maximum atomic E-state index is 12.6. The fraction of sp³-hybridized carbons (Fsp3) is 0.360. The molecule has 1 aromatic heterocycles. The SMILES string of the molecule is COc1ccc(S(=O)(=O)Nc2nc(CCC(=O)NC3CCN(Cc4ccccc4)CC3)cs2)cc1. The third-order valence-electron chi connectivity index (χ3n) is 5.95. The van der Waals surface area contributed by atoms with Crippen molar-refractivity contribution in [3.8, 4) is 5.75 Å². The van der Waals surface area contributed by atoms with Crippen LogP contribution in [0, 0.1) is 0 Å². The Kier molecular flexibility index (Phi) is 8.37. The van der Waals surface area contributed by atoms with E-state index in [0.29, 0.717) is 24.3 Å². The van der Waals surface area contributed by atoms with Gasteiger partial charge in [0.1, 0.15) is 5.75 Å². The van der Waals surface area contributed by atoms with E-state index in [1.165, 1.54) is 36.1 Å². The highest BCUT2D eigenvalue weighted by Gasteiger charge is 2.21. The monoisotopic (exact) mass is 514 g/mol. The molecule has 0 atom stereocenters. The van der Waals surface area contributed by atoms with E-state index in [4.69, 9.17) is 4.74 Å². The Labute approximate surface area is 210 Å². The summed E-state index contributed by atoms with van der Waals surface area (Å²) in [4.78, 5) is 19.3. The molecule has 10 heteroatoms. The highest BCUT2D eigenvalue weighted by atomic mass is 32.2. The second-order valence-electron chi connectivity index (χ2n) is 8.53. The average molecular weight is 515 g/mol. The summed E-state index contributed by atoms with van der Waals surface area (Å²) in [6, 6.07) is 16.8. The van der Waals surface area contributed by atoms with Gasteiger partial charge in [0, 0.05) is 37.5 Å². The summed E-state index contributed by atoms with van der Waals surface area (Å²) in [5.41, 5.74) is 2.00. The van der Waals surface area contributed by atoms with Gasteiger partial charge in [-0.3, -0.25) is 14.4 Å². The summed E-state index contributed by atoms with van der Waals surface area (Å²) in [6.45, 7) is 2.86. The summed E-state index contributed by atoms with van der Waals surface area (Å²) in [7, 11) is -2.22. The summed E-state index contributed by atoms with van der Waals surface area (Å²) < 4.78 is 32.7. The van der Waals surface area contributed by atoms with Gasteiger partial charge in [-0.25, -0.2) is 13.4 Å². The molecule has 4 rings (SSSR count). The fourth-order valence-corrected chi connectivity index (χ4v) is 6.01. The van der Waals surface area contributed by atoms with Crippen molar-refractivity contribution in [3.05, 3.63) is 71.2 Å². The summed E-state index contributed by atoms with van der Waals surface area (Å²) in [6.07, 6.45) is 2.65. The smallest absolute Gasteiger partial charge is 0.263 e. The van der Waals surface area contributed by atoms with Gasteiger partial charge in [0.05, 0.1) is 17.7 Å². The molecule has 1 fully saturated rings. The van der Waals surface area contributed by atoms with Gasteiger partial charge in [-0.05, 0) is 49.1 Å². The Morgan fingerprint density at radius 2 is 1.83 bits per heavy atom. The lowest BCUT2D eigenvalue weighted by molar-refractivity contribution is -0.122. The summed E-state index contributed by atoms with van der Waals surface area (Å²) in [5, 5.41) is 5.20. The number of piperidine rings is 1. The molecule has 8 nitrogen and oxygen atoms in total. The number of aryl methyl sites for hydroxylation is 1. The Balaban J connectivity index is 1.20. The molecule has 2 aromatic carbocycles. The number of amides is 1. The second kappa shape index (κ2) is 11.7. The zero-order valence-corrected chi connectivity index (χ0v) is 21.3. The van der Waals surface area contributed by atoms with Crippen molar-refractivity contribution in [3.63, 3.8) is 0 Å². The van der Waals surface area contributed by atoms with E-state index >= 15 is 0 Å². The van der Waals surface area contributed by atoms with Crippen LogP contribution in [0.25, 0.3) is 0 Å². The number of carbonyl (C=O) groups is 1. The molecule has 1 saturated heterocycles. The molecule has 0 spiro atoms. The first-order valence-corrected chi connectivity index (χ1v) is 13.9. The predicted molar refractivity (Wildman–Crippen MR) is 137 cm³/mol. The standard InChI is InChI=1S/C25H30N4O4S2/c1-33-22-8-10-23(11-9-22)35(31,32)28-25-27-21(18-34-25)7-12-24(30)26-20-13-15-29(16-14-20)17-19-5-3-2-4-6-19/h2-6,8-11,18,20H,7,12-17H2,1H3,(H,26,30)(H,27,28). The number of ether oxygens (including phenoxy) is 1. The van der Waals surface area contributed by atoms with Gasteiger partial charge in [0.25, 0.3) is 10.0 Å². The normalized spacial score (nSPS) is 15.0. The Morgan fingerprint density at radius 3 is 2.51 bits per heavy atom. The molecule has 2 heterocycles. The Bertz CT molecular complexity index is 1210. The van der Waals surface area contributed by atoms with Crippen molar-refractivity contribution in [2.24, 2.45) is 0 Å². The number of nitrogens with zero attached hydrogens (tertiary/aromatic N) is 2. The van der Waals surface area contributed by atoms with E-state index in [9.17, 15) is 13.2 Å². The number of nitrogens with one attached hydrogen (secondary N) is 2. The largest absolute Gasteiger partial charge is 0.497 e. The third-order valence-corrected chi connectivity index (χ3v) is 8.24. The fourth-order valence-electron chi connectivity index (χ4n) is 4.02. The molecule has 0 saturated carbocycles. The number of hydrogen-bond acceptors (Lipinski definition) is 7. The van der Waals surface area contributed by atoms with Gasteiger partial charge in [0.2, 0.25) is 5.91 Å². The van der Waals surface area contributed by atoms with Crippen LogP contribution in [-0.2, 0) is 27.8 Å². The lowest BCUT2D eigenvalue weighted by atomic mass is 10.0. The number of rotatable bonds is 10. The van der Waals surface area contributed by atoms with Crippen molar-refractivity contribution in [2.75, 3.05) is 24.9 Å². The maximum Gasteiger partial charge on any atom is 0.263 e. The number of likely N-dealkylation sites (tertiary alicyclic amines) is 1. The van der Waals surface area contributed by atoms with Gasteiger partial charge in [0.15, 0.2) is 5.13 Å². The highest BCUT2D eigenvalue weighted by molar-refractivity contribution is 7.93. The van der Waals surface area contributed by atoms with Gasteiger partial charge < -0.3 is 10.1 Å². The minimum atomic E-state index is -3.74. The van der Waals surface area contributed by atoms with Gasteiger partial charge in [-0.15, -0.1) is 11.3 Å². The van der Waals surface area contributed by atoms with E-state index < -0.39 is 10.0 Å². The zero-order valence-electron chi connectivity index (χ0n) is 19.6. The third kappa shape index (κ3) is 7.27. The lowest BCUT2D eigenvalue weighted by Gasteiger charge is -2.32. The molecule has 0 radical (unpaired) electrons. The van der Waals surface area contributed by atoms with Crippen LogP contribution in [0.5, 0.6) is 5.75 Å². The molecule has 1 aliphatic heterocycles. The van der Waals surface area contributed by atoms with E-state index in [-0.39, 0.29) is 22.0 Å². The minimum Gasteiger partial charge on any atom is -0.497 e. The molecule has 35 heavy (non-hydrogen) atoms. The lowest BCUT2D eigenvalue weighted by Crippen LogP contribution is -2.44. The number of methoxy groups -OCH3 is 1. The number of thiazole rings is 1. The van der Waals surface area contributed by atoms with Crippen LogP contribution in [0.3, 0.4) is 0 Å². The van der Waals surface area contributed by atoms with Crippen LogP contribution in [0.4, 0.5) is 5.13 Å². The molecule has 1 aliphatic rings. The van der Waals surface area contributed by atoms with Gasteiger partial charge in [-0.2, -0.15) is 0 Å². The van der Waals surface area contributed by atoms with E-state index in [1.54, 1.807) is 17.5 Å². The van der Waals surface area contributed by atoms with Crippen LogP contribution in [0.1, 0.15) is 30.5 Å². The molecule has 3 aromatic rings. The number of sulfonamides is 1. The molecule has 0 bridgehead atoms. The number of carbonyl (C=O) groups excluding carboxylic acids is 1. The maximum absolute atomic E-state index is 12.6.